The summed E-state index contributed by atoms with van der Waals surface area (Å²) in [5.41, 5.74) is 0. The van der Waals surface area contributed by atoms with Gasteiger partial charge in [0, 0.05) is 19.1 Å². The molecule has 1 aliphatic rings. The molecule has 0 saturated heterocycles. The maximum Gasteiger partial charge on any atom is 0.149 e. The molecule has 1 aromatic rings. The van der Waals surface area contributed by atoms with Crippen molar-refractivity contribution in [3.63, 3.8) is 0 Å². The first-order valence-corrected chi connectivity index (χ1v) is 7.53. The zero-order chi connectivity index (χ0) is 13.7. The van der Waals surface area contributed by atoms with Gasteiger partial charge < -0.3 is 10.2 Å². The van der Waals surface area contributed by atoms with E-state index in [1.165, 1.54) is 19.3 Å². The number of nitrogens with zero attached hydrogens (tertiary/aromatic N) is 3. The molecular weight excluding hydrogens is 236 g/mol. The average molecular weight is 262 g/mol. The molecule has 1 saturated carbocycles. The first-order valence-electron chi connectivity index (χ1n) is 7.53. The van der Waals surface area contributed by atoms with Crippen molar-refractivity contribution in [2.24, 2.45) is 5.92 Å². The largest absolute Gasteiger partial charge is 0.369 e. The van der Waals surface area contributed by atoms with Crippen LogP contribution in [0.5, 0.6) is 0 Å². The van der Waals surface area contributed by atoms with Crippen LogP contribution >= 0.6 is 0 Å². The highest BCUT2D eigenvalue weighted by molar-refractivity contribution is 5.45. The molecule has 0 amide bonds. The molecule has 0 aromatic carbocycles. The third-order valence-electron chi connectivity index (χ3n) is 3.41. The van der Waals surface area contributed by atoms with Crippen molar-refractivity contribution in [3.05, 3.63) is 12.4 Å². The fourth-order valence-electron chi connectivity index (χ4n) is 2.10. The topological polar surface area (TPSA) is 41.1 Å². The Morgan fingerprint density at radius 1 is 1.37 bits per heavy atom. The van der Waals surface area contributed by atoms with Gasteiger partial charge >= 0.3 is 0 Å². The second-order valence-corrected chi connectivity index (χ2v) is 5.80. The van der Waals surface area contributed by atoms with E-state index in [1.54, 1.807) is 0 Å². The minimum atomic E-state index is 0.689. The Morgan fingerprint density at radius 2 is 2.16 bits per heavy atom. The Balaban J connectivity index is 2.03. The fourth-order valence-corrected chi connectivity index (χ4v) is 2.10. The van der Waals surface area contributed by atoms with Gasteiger partial charge in [-0.2, -0.15) is 0 Å². The third kappa shape index (κ3) is 4.37. The van der Waals surface area contributed by atoms with Gasteiger partial charge in [0.05, 0.1) is 12.4 Å². The molecule has 0 aliphatic heterocycles. The summed E-state index contributed by atoms with van der Waals surface area (Å²) in [5, 5.41) is 3.31. The Hall–Kier alpha value is -1.32. The predicted molar refractivity (Wildman–Crippen MR) is 80.6 cm³/mol. The number of rotatable bonds is 8. The molecule has 1 fully saturated rings. The van der Waals surface area contributed by atoms with Gasteiger partial charge in [0.1, 0.15) is 11.6 Å². The van der Waals surface area contributed by atoms with E-state index in [-0.39, 0.29) is 0 Å². The lowest BCUT2D eigenvalue weighted by molar-refractivity contribution is 0.568. The Kier molecular flexibility index (Phi) is 5.00. The summed E-state index contributed by atoms with van der Waals surface area (Å²) < 4.78 is 0. The summed E-state index contributed by atoms with van der Waals surface area (Å²) in [6.45, 7) is 8.75. The van der Waals surface area contributed by atoms with E-state index in [9.17, 15) is 0 Å². The van der Waals surface area contributed by atoms with Gasteiger partial charge in [-0.05, 0) is 31.6 Å². The molecule has 0 atom stereocenters. The minimum Gasteiger partial charge on any atom is -0.369 e. The summed E-state index contributed by atoms with van der Waals surface area (Å²) in [5.74, 6) is 2.66. The van der Waals surface area contributed by atoms with E-state index in [1.807, 2.05) is 12.4 Å². The van der Waals surface area contributed by atoms with Crippen LogP contribution in [0.2, 0.25) is 0 Å². The summed E-state index contributed by atoms with van der Waals surface area (Å²) in [4.78, 5) is 11.5. The van der Waals surface area contributed by atoms with Crippen molar-refractivity contribution in [1.82, 2.24) is 9.97 Å². The second kappa shape index (κ2) is 6.73. The average Bonchev–Trinajstić information content (AvgIpc) is 3.21. The van der Waals surface area contributed by atoms with Crippen LogP contribution in [0.25, 0.3) is 0 Å². The normalized spacial score (nSPS) is 14.7. The van der Waals surface area contributed by atoms with Gasteiger partial charge in [0.15, 0.2) is 0 Å². The number of hydrogen-bond acceptors (Lipinski definition) is 4. The van der Waals surface area contributed by atoms with Crippen molar-refractivity contribution in [3.8, 4) is 0 Å². The van der Waals surface area contributed by atoms with Crippen molar-refractivity contribution in [1.29, 1.82) is 0 Å². The molecule has 0 spiro atoms. The van der Waals surface area contributed by atoms with Gasteiger partial charge in [0.25, 0.3) is 0 Å². The van der Waals surface area contributed by atoms with E-state index >= 15 is 0 Å². The molecule has 19 heavy (non-hydrogen) atoms. The first kappa shape index (κ1) is 14.1. The molecule has 1 N–H and O–H groups in total. The van der Waals surface area contributed by atoms with E-state index < -0.39 is 0 Å². The van der Waals surface area contributed by atoms with Crippen LogP contribution in [0.1, 0.15) is 46.5 Å². The standard InChI is InChI=1S/C15H26N4/c1-4-8-17-14-10-16-11-15(18-14)19(13-5-6-13)9-7-12(2)3/h10-13H,4-9H2,1-3H3,(H,17,18). The first-order chi connectivity index (χ1) is 9.20. The Bertz CT molecular complexity index is 387. The molecule has 1 aliphatic carbocycles. The van der Waals surface area contributed by atoms with Gasteiger partial charge in [0.2, 0.25) is 0 Å². The van der Waals surface area contributed by atoms with Crippen LogP contribution < -0.4 is 10.2 Å². The van der Waals surface area contributed by atoms with Crippen LogP contribution in [-0.4, -0.2) is 29.1 Å². The summed E-state index contributed by atoms with van der Waals surface area (Å²) in [7, 11) is 0. The highest BCUT2D eigenvalue weighted by Crippen LogP contribution is 2.31. The minimum absolute atomic E-state index is 0.689. The molecule has 0 radical (unpaired) electrons. The molecule has 106 valence electrons. The van der Waals surface area contributed by atoms with Gasteiger partial charge in [-0.25, -0.2) is 4.98 Å². The van der Waals surface area contributed by atoms with Crippen LogP contribution in [0.4, 0.5) is 11.6 Å². The molecule has 1 aromatic heterocycles. The monoisotopic (exact) mass is 262 g/mol. The van der Waals surface area contributed by atoms with E-state index in [4.69, 9.17) is 4.98 Å². The van der Waals surface area contributed by atoms with E-state index in [0.29, 0.717) is 6.04 Å². The summed E-state index contributed by atoms with van der Waals surface area (Å²) in [6, 6.07) is 0.689. The van der Waals surface area contributed by atoms with Crippen molar-refractivity contribution < 1.29 is 0 Å². The van der Waals surface area contributed by atoms with Crippen LogP contribution in [0, 0.1) is 5.92 Å². The lowest BCUT2D eigenvalue weighted by Gasteiger charge is -2.24. The fraction of sp³-hybridized carbons (Fsp3) is 0.733. The lowest BCUT2D eigenvalue weighted by Crippen LogP contribution is -2.29. The highest BCUT2D eigenvalue weighted by Gasteiger charge is 2.30. The number of aromatic nitrogens is 2. The molecule has 2 rings (SSSR count). The molecule has 0 unspecified atom stereocenters. The van der Waals surface area contributed by atoms with Crippen LogP contribution in [0.15, 0.2) is 12.4 Å². The molecular formula is C15H26N4. The van der Waals surface area contributed by atoms with Gasteiger partial charge in [-0.15, -0.1) is 0 Å². The quantitative estimate of drug-likeness (QED) is 0.780. The van der Waals surface area contributed by atoms with Crippen molar-refractivity contribution >= 4 is 11.6 Å². The number of hydrogen-bond donors (Lipinski definition) is 1. The molecule has 4 heteroatoms. The number of anilines is 2. The van der Waals surface area contributed by atoms with E-state index in [2.05, 4.69) is 36.0 Å². The highest BCUT2D eigenvalue weighted by atomic mass is 15.2. The van der Waals surface area contributed by atoms with Crippen LogP contribution in [-0.2, 0) is 0 Å². The van der Waals surface area contributed by atoms with Gasteiger partial charge in [-0.1, -0.05) is 20.8 Å². The second-order valence-electron chi connectivity index (χ2n) is 5.80. The molecule has 4 nitrogen and oxygen atoms in total. The lowest BCUT2D eigenvalue weighted by atomic mass is 10.1. The van der Waals surface area contributed by atoms with Crippen LogP contribution in [0.3, 0.4) is 0 Å². The Morgan fingerprint density at radius 3 is 2.79 bits per heavy atom. The smallest absolute Gasteiger partial charge is 0.149 e. The van der Waals surface area contributed by atoms with Gasteiger partial charge in [-0.3, -0.25) is 4.98 Å². The van der Waals surface area contributed by atoms with Crippen molar-refractivity contribution in [2.45, 2.75) is 52.5 Å². The Labute approximate surface area is 116 Å². The maximum absolute atomic E-state index is 4.70. The maximum atomic E-state index is 4.70. The third-order valence-corrected chi connectivity index (χ3v) is 3.41. The van der Waals surface area contributed by atoms with Crippen molar-refractivity contribution in [2.75, 3.05) is 23.3 Å². The zero-order valence-electron chi connectivity index (χ0n) is 12.4. The zero-order valence-corrected chi connectivity index (χ0v) is 12.4. The number of nitrogens with one attached hydrogen (secondary N) is 1. The predicted octanol–water partition coefficient (Wildman–Crippen LogP) is 3.31. The molecule has 1 heterocycles. The van der Waals surface area contributed by atoms with E-state index in [0.717, 1.165) is 37.1 Å². The molecule has 0 bridgehead atoms. The summed E-state index contributed by atoms with van der Waals surface area (Å²) >= 11 is 0. The summed E-state index contributed by atoms with van der Waals surface area (Å²) in [6.07, 6.45) is 8.62. The SMILES string of the molecule is CCCNc1cncc(N(CCC(C)C)C2CC2)n1.